The van der Waals surface area contributed by atoms with Crippen LogP contribution in [-0.2, 0) is 7.05 Å². The fourth-order valence-electron chi connectivity index (χ4n) is 1.65. The Labute approximate surface area is 102 Å². The molecule has 4 N–H and O–H groups in total. The maximum atomic E-state index is 11.8. The van der Waals surface area contributed by atoms with E-state index in [1.807, 2.05) is 6.92 Å². The zero-order valence-electron chi connectivity index (χ0n) is 10.4. The van der Waals surface area contributed by atoms with Crippen LogP contribution < -0.4 is 11.1 Å². The first-order valence-corrected chi connectivity index (χ1v) is 5.85. The van der Waals surface area contributed by atoms with E-state index in [1.165, 1.54) is 0 Å². The largest absolute Gasteiger partial charge is 0.397 e. The average molecular weight is 239 g/mol. The average Bonchev–Trinajstić information content (AvgIpc) is 2.63. The minimum atomic E-state index is -0.110. The summed E-state index contributed by atoms with van der Waals surface area (Å²) >= 11 is 0. The molecule has 0 saturated heterocycles. The predicted octanol–water partition coefficient (Wildman–Crippen LogP) is 0.746. The van der Waals surface area contributed by atoms with Gasteiger partial charge < -0.3 is 20.7 Å². The highest BCUT2D eigenvalue weighted by Gasteiger charge is 2.10. The lowest BCUT2D eigenvalue weighted by Crippen LogP contribution is -2.26. The number of nitrogens with two attached hydrogens (primary N) is 1. The van der Waals surface area contributed by atoms with Crippen molar-refractivity contribution in [1.29, 1.82) is 0 Å². The first kappa shape index (κ1) is 13.6. The molecule has 1 atom stereocenters. The molecule has 0 aliphatic rings. The first-order valence-electron chi connectivity index (χ1n) is 5.85. The number of hydrogen-bond donors (Lipinski definition) is 3. The monoisotopic (exact) mass is 239 g/mol. The van der Waals surface area contributed by atoms with Gasteiger partial charge in [-0.05, 0) is 24.8 Å². The molecule has 0 fully saturated rings. The zero-order chi connectivity index (χ0) is 12.8. The predicted molar refractivity (Wildman–Crippen MR) is 67.6 cm³/mol. The molecule has 0 aromatic carbocycles. The van der Waals surface area contributed by atoms with Crippen LogP contribution in [0, 0.1) is 5.92 Å². The number of nitrogens with zero attached hydrogens (tertiary/aromatic N) is 1. The van der Waals surface area contributed by atoms with Crippen molar-refractivity contribution in [1.82, 2.24) is 9.88 Å². The van der Waals surface area contributed by atoms with Crippen LogP contribution in [0.5, 0.6) is 0 Å². The van der Waals surface area contributed by atoms with Crippen molar-refractivity contribution in [2.24, 2.45) is 13.0 Å². The third-order valence-corrected chi connectivity index (χ3v) is 2.73. The molecule has 1 aromatic heterocycles. The number of rotatable bonds is 6. The van der Waals surface area contributed by atoms with E-state index in [2.05, 4.69) is 5.32 Å². The van der Waals surface area contributed by atoms with E-state index in [0.29, 0.717) is 17.9 Å². The summed E-state index contributed by atoms with van der Waals surface area (Å²) in [4.78, 5) is 11.8. The van der Waals surface area contributed by atoms with E-state index in [9.17, 15) is 4.79 Å². The molecule has 96 valence electrons. The minimum Gasteiger partial charge on any atom is -0.397 e. The number of carbonyl (C=O) groups excluding carboxylic acids is 1. The summed E-state index contributed by atoms with van der Waals surface area (Å²) < 4.78 is 1.71. The Morgan fingerprint density at radius 1 is 1.65 bits per heavy atom. The summed E-state index contributed by atoms with van der Waals surface area (Å²) in [5.41, 5.74) is 6.76. The summed E-state index contributed by atoms with van der Waals surface area (Å²) in [5.74, 6) is 0.179. The Balaban J connectivity index is 2.33. The topological polar surface area (TPSA) is 80.3 Å². The number of amides is 1. The second-order valence-electron chi connectivity index (χ2n) is 4.46. The van der Waals surface area contributed by atoms with Crippen molar-refractivity contribution in [3.05, 3.63) is 18.0 Å². The summed E-state index contributed by atoms with van der Waals surface area (Å²) in [6.07, 6.45) is 3.49. The Morgan fingerprint density at radius 2 is 2.35 bits per heavy atom. The van der Waals surface area contributed by atoms with E-state index >= 15 is 0 Å². The number of aryl methyl sites for hydroxylation is 1. The number of aliphatic hydroxyl groups is 1. The molecule has 1 unspecified atom stereocenters. The van der Waals surface area contributed by atoms with Gasteiger partial charge in [-0.2, -0.15) is 0 Å². The lowest BCUT2D eigenvalue weighted by Gasteiger charge is -2.08. The molecule has 5 heteroatoms. The normalized spacial score (nSPS) is 12.4. The molecule has 0 radical (unpaired) electrons. The number of anilines is 1. The molecule has 5 nitrogen and oxygen atoms in total. The molecule has 17 heavy (non-hydrogen) atoms. The van der Waals surface area contributed by atoms with E-state index in [4.69, 9.17) is 10.8 Å². The van der Waals surface area contributed by atoms with Crippen molar-refractivity contribution < 1.29 is 9.90 Å². The molecule has 1 rings (SSSR count). The highest BCUT2D eigenvalue weighted by Crippen LogP contribution is 2.08. The van der Waals surface area contributed by atoms with Crippen molar-refractivity contribution in [3.8, 4) is 0 Å². The summed E-state index contributed by atoms with van der Waals surface area (Å²) in [6, 6.07) is 1.66. The number of nitrogens with one attached hydrogen (secondary N) is 1. The number of carbonyl (C=O) groups is 1. The maximum Gasteiger partial charge on any atom is 0.267 e. The van der Waals surface area contributed by atoms with Crippen LogP contribution in [-0.4, -0.2) is 28.7 Å². The van der Waals surface area contributed by atoms with E-state index in [-0.39, 0.29) is 18.4 Å². The van der Waals surface area contributed by atoms with Gasteiger partial charge in [-0.1, -0.05) is 6.92 Å². The fourth-order valence-corrected chi connectivity index (χ4v) is 1.65. The van der Waals surface area contributed by atoms with Crippen LogP contribution in [0.4, 0.5) is 5.69 Å². The van der Waals surface area contributed by atoms with E-state index in [1.54, 1.807) is 23.9 Å². The Kier molecular flexibility index (Phi) is 5.03. The van der Waals surface area contributed by atoms with E-state index < -0.39 is 0 Å². The van der Waals surface area contributed by atoms with Gasteiger partial charge in [0.2, 0.25) is 0 Å². The second-order valence-corrected chi connectivity index (χ2v) is 4.46. The van der Waals surface area contributed by atoms with Crippen LogP contribution in [0.1, 0.15) is 30.3 Å². The second kappa shape index (κ2) is 6.30. The lowest BCUT2D eigenvalue weighted by atomic mass is 10.1. The van der Waals surface area contributed by atoms with Crippen LogP contribution in [0.3, 0.4) is 0 Å². The van der Waals surface area contributed by atoms with Gasteiger partial charge in [0.05, 0.1) is 5.69 Å². The van der Waals surface area contributed by atoms with Crippen molar-refractivity contribution in [3.63, 3.8) is 0 Å². The lowest BCUT2D eigenvalue weighted by molar-refractivity contribution is 0.0944. The summed E-state index contributed by atoms with van der Waals surface area (Å²) in [7, 11) is 1.79. The van der Waals surface area contributed by atoms with Crippen LogP contribution in [0.2, 0.25) is 0 Å². The molecule has 0 aliphatic carbocycles. The van der Waals surface area contributed by atoms with Crippen LogP contribution >= 0.6 is 0 Å². The molecule has 1 aromatic rings. The Hall–Kier alpha value is -1.49. The third-order valence-electron chi connectivity index (χ3n) is 2.73. The summed E-state index contributed by atoms with van der Waals surface area (Å²) in [6.45, 7) is 2.80. The van der Waals surface area contributed by atoms with Crippen molar-refractivity contribution in [2.75, 3.05) is 18.9 Å². The Bertz CT molecular complexity index is 374. The van der Waals surface area contributed by atoms with Crippen LogP contribution in [0.25, 0.3) is 0 Å². The van der Waals surface area contributed by atoms with Crippen molar-refractivity contribution >= 4 is 11.6 Å². The molecule has 0 saturated carbocycles. The standard InChI is InChI=1S/C12H21N3O2/c1-9(8-16)4-3-5-14-12(17)11-6-10(13)7-15(11)2/h6-7,9,16H,3-5,8,13H2,1-2H3,(H,14,17). The smallest absolute Gasteiger partial charge is 0.267 e. The molecule has 0 bridgehead atoms. The van der Waals surface area contributed by atoms with Gasteiger partial charge in [0.1, 0.15) is 5.69 Å². The highest BCUT2D eigenvalue weighted by atomic mass is 16.3. The SMILES string of the molecule is CC(CO)CCCNC(=O)c1cc(N)cn1C. The number of nitrogen functional groups attached to an aromatic ring is 1. The zero-order valence-corrected chi connectivity index (χ0v) is 10.4. The van der Waals surface area contributed by atoms with Crippen molar-refractivity contribution in [2.45, 2.75) is 19.8 Å². The van der Waals surface area contributed by atoms with Gasteiger partial charge >= 0.3 is 0 Å². The molecular formula is C12H21N3O2. The van der Waals surface area contributed by atoms with Gasteiger partial charge in [0.25, 0.3) is 5.91 Å². The van der Waals surface area contributed by atoms with Gasteiger partial charge in [0, 0.05) is 26.4 Å². The number of aliphatic hydroxyl groups excluding tert-OH is 1. The quantitative estimate of drug-likeness (QED) is 0.641. The van der Waals surface area contributed by atoms with Gasteiger partial charge in [-0.15, -0.1) is 0 Å². The van der Waals surface area contributed by atoms with Gasteiger partial charge in [0.15, 0.2) is 0 Å². The number of hydrogen-bond acceptors (Lipinski definition) is 3. The molecule has 0 spiro atoms. The Morgan fingerprint density at radius 3 is 2.88 bits per heavy atom. The van der Waals surface area contributed by atoms with Gasteiger partial charge in [-0.25, -0.2) is 0 Å². The van der Waals surface area contributed by atoms with Gasteiger partial charge in [-0.3, -0.25) is 4.79 Å². The van der Waals surface area contributed by atoms with Crippen LogP contribution in [0.15, 0.2) is 12.3 Å². The fraction of sp³-hybridized carbons (Fsp3) is 0.583. The maximum absolute atomic E-state index is 11.8. The molecule has 1 heterocycles. The molecule has 0 aliphatic heterocycles. The number of aromatic nitrogens is 1. The third kappa shape index (κ3) is 4.11. The first-order chi connectivity index (χ1) is 8.04. The summed E-state index contributed by atoms with van der Waals surface area (Å²) in [5, 5.41) is 11.7. The highest BCUT2D eigenvalue weighted by molar-refractivity contribution is 5.93. The minimum absolute atomic E-state index is 0.110. The molecular weight excluding hydrogens is 218 g/mol. The van der Waals surface area contributed by atoms with E-state index in [0.717, 1.165) is 12.8 Å². The molecule has 1 amide bonds.